The van der Waals surface area contributed by atoms with E-state index >= 15 is 0 Å². The number of rotatable bonds is 9. The number of hydrogen-bond donors (Lipinski definition) is 2. The lowest BCUT2D eigenvalue weighted by Gasteiger charge is -2.34. The number of anilines is 2. The Labute approximate surface area is 206 Å². The average Bonchev–Trinajstić information content (AvgIpc) is 3.30. The van der Waals surface area contributed by atoms with Crippen molar-refractivity contribution in [3.05, 3.63) is 48.0 Å². The maximum absolute atomic E-state index is 12.9. The summed E-state index contributed by atoms with van der Waals surface area (Å²) in [6.07, 6.45) is 3.57. The summed E-state index contributed by atoms with van der Waals surface area (Å²) in [5.74, 6) is 0.429. The van der Waals surface area contributed by atoms with Crippen molar-refractivity contribution >= 4 is 28.9 Å². The smallest absolute Gasteiger partial charge is 0.254 e. The summed E-state index contributed by atoms with van der Waals surface area (Å²) in [4.78, 5) is 31.6. The second-order valence-electron chi connectivity index (χ2n) is 9.09. The number of likely N-dealkylation sites (tertiary alicyclic amines) is 1. The zero-order valence-corrected chi connectivity index (χ0v) is 20.5. The molecule has 0 bridgehead atoms. The third kappa shape index (κ3) is 5.79. The Morgan fingerprint density at radius 2 is 1.97 bits per heavy atom. The Hall–Kier alpha value is -3.46. The number of carbonyl (C=O) groups excluding carboxylic acids is 2. The highest BCUT2D eigenvalue weighted by atomic mass is 16.5. The first kappa shape index (κ1) is 24.7. The fourth-order valence-corrected chi connectivity index (χ4v) is 4.78. The summed E-state index contributed by atoms with van der Waals surface area (Å²) in [6, 6.07) is 13.2. The molecule has 2 heterocycles. The summed E-state index contributed by atoms with van der Waals surface area (Å²) in [6.45, 7) is 6.07. The van der Waals surface area contributed by atoms with Gasteiger partial charge in [0, 0.05) is 44.0 Å². The molecular weight excluding hydrogens is 444 g/mol. The van der Waals surface area contributed by atoms with Crippen LogP contribution in [0.25, 0.3) is 0 Å². The van der Waals surface area contributed by atoms with Crippen molar-refractivity contribution in [2.45, 2.75) is 32.2 Å². The van der Waals surface area contributed by atoms with Crippen LogP contribution in [0, 0.1) is 5.53 Å². The van der Waals surface area contributed by atoms with Gasteiger partial charge in [0.2, 0.25) is 5.91 Å². The molecule has 2 fully saturated rings. The molecule has 4 rings (SSSR count). The Balaban J connectivity index is 1.28. The van der Waals surface area contributed by atoms with E-state index in [9.17, 15) is 9.59 Å². The molecule has 35 heavy (non-hydrogen) atoms. The van der Waals surface area contributed by atoms with Gasteiger partial charge in [0.05, 0.1) is 12.3 Å². The molecule has 1 unspecified atom stereocenters. The van der Waals surface area contributed by atoms with Crippen LogP contribution in [0.3, 0.4) is 0 Å². The first-order chi connectivity index (χ1) is 17.0. The largest absolute Gasteiger partial charge is 0.494 e. The first-order valence-electron chi connectivity index (χ1n) is 12.3. The van der Waals surface area contributed by atoms with Crippen molar-refractivity contribution in [3.8, 4) is 5.75 Å². The summed E-state index contributed by atoms with van der Waals surface area (Å²) < 4.78 is 5.89. The molecule has 2 saturated heterocycles. The van der Waals surface area contributed by atoms with Crippen molar-refractivity contribution in [2.75, 3.05) is 56.6 Å². The van der Waals surface area contributed by atoms with Crippen LogP contribution in [0.2, 0.25) is 0 Å². The second kappa shape index (κ2) is 11.3. The van der Waals surface area contributed by atoms with Gasteiger partial charge in [-0.2, -0.15) is 5.11 Å². The van der Waals surface area contributed by atoms with Crippen molar-refractivity contribution in [3.63, 3.8) is 0 Å². The van der Waals surface area contributed by atoms with Crippen molar-refractivity contribution < 1.29 is 14.3 Å². The molecule has 9 heteroatoms. The van der Waals surface area contributed by atoms with Gasteiger partial charge in [-0.15, -0.1) is 0 Å². The zero-order chi connectivity index (χ0) is 24.8. The van der Waals surface area contributed by atoms with Gasteiger partial charge in [-0.3, -0.25) is 9.59 Å². The third-order valence-corrected chi connectivity index (χ3v) is 6.84. The monoisotopic (exact) mass is 478 g/mol. The molecule has 2 N–H and O–H groups in total. The van der Waals surface area contributed by atoms with E-state index in [1.54, 1.807) is 35.0 Å². The van der Waals surface area contributed by atoms with E-state index in [4.69, 9.17) is 10.3 Å². The van der Waals surface area contributed by atoms with E-state index < -0.39 is 0 Å². The minimum atomic E-state index is -0.238. The van der Waals surface area contributed by atoms with E-state index in [2.05, 4.69) is 22.3 Å². The summed E-state index contributed by atoms with van der Waals surface area (Å²) >= 11 is 0. The maximum atomic E-state index is 12.9. The van der Waals surface area contributed by atoms with Gasteiger partial charge in [0.25, 0.3) is 5.91 Å². The number of benzene rings is 2. The Bertz CT molecular complexity index is 1060. The number of amides is 2. The third-order valence-electron chi connectivity index (χ3n) is 6.84. The van der Waals surface area contributed by atoms with Crippen LogP contribution in [0.1, 0.15) is 36.5 Å². The first-order valence-corrected chi connectivity index (χ1v) is 12.3. The van der Waals surface area contributed by atoms with Gasteiger partial charge in [-0.25, -0.2) is 5.53 Å². The molecule has 0 saturated carbocycles. The summed E-state index contributed by atoms with van der Waals surface area (Å²) in [7, 11) is 1.73. The molecule has 0 aromatic heterocycles. The van der Waals surface area contributed by atoms with Gasteiger partial charge in [-0.05, 0) is 75.2 Å². The minimum Gasteiger partial charge on any atom is -0.494 e. The van der Waals surface area contributed by atoms with Gasteiger partial charge >= 0.3 is 0 Å². The van der Waals surface area contributed by atoms with Crippen LogP contribution < -0.4 is 15.0 Å². The van der Waals surface area contributed by atoms with E-state index in [-0.39, 0.29) is 18.4 Å². The lowest BCUT2D eigenvalue weighted by molar-refractivity contribution is -0.120. The summed E-state index contributed by atoms with van der Waals surface area (Å²) in [5.41, 5.74) is 9.59. The van der Waals surface area contributed by atoms with Gasteiger partial charge in [-0.1, -0.05) is 0 Å². The van der Waals surface area contributed by atoms with Crippen LogP contribution in [-0.2, 0) is 4.79 Å². The van der Waals surface area contributed by atoms with Gasteiger partial charge < -0.3 is 24.8 Å². The molecule has 186 valence electrons. The fourth-order valence-electron chi connectivity index (χ4n) is 4.78. The maximum Gasteiger partial charge on any atom is 0.254 e. The van der Waals surface area contributed by atoms with Crippen molar-refractivity contribution in [1.82, 2.24) is 9.80 Å². The predicted molar refractivity (Wildman–Crippen MR) is 136 cm³/mol. The normalized spacial score (nSPS) is 18.6. The molecular formula is C26H34N6O3. The Kier molecular flexibility index (Phi) is 7.97. The molecule has 2 aromatic rings. The van der Waals surface area contributed by atoms with Crippen molar-refractivity contribution in [2.24, 2.45) is 5.11 Å². The number of carbonyl (C=O) groups is 2. The van der Waals surface area contributed by atoms with Crippen LogP contribution in [0.5, 0.6) is 5.75 Å². The average molecular weight is 479 g/mol. The van der Waals surface area contributed by atoms with E-state index in [1.165, 1.54) is 19.4 Å². The lowest BCUT2D eigenvalue weighted by atomic mass is 10.1. The number of piperazine rings is 1. The molecule has 0 spiro atoms. The predicted octanol–water partition coefficient (Wildman–Crippen LogP) is 4.13. The zero-order valence-electron chi connectivity index (χ0n) is 20.5. The molecule has 1 atom stereocenters. The highest BCUT2D eigenvalue weighted by Crippen LogP contribution is 2.27. The molecule has 2 aliphatic rings. The number of hydrogen-bond acceptors (Lipinski definition) is 7. The topological polar surface area (TPSA) is 101 Å². The summed E-state index contributed by atoms with van der Waals surface area (Å²) in [5, 5.41) is 6.42. The molecule has 0 radical (unpaired) electrons. The van der Waals surface area contributed by atoms with Gasteiger partial charge in [0.15, 0.2) is 0 Å². The quantitative estimate of drug-likeness (QED) is 0.417. The minimum absolute atomic E-state index is 0.00708. The molecule has 0 aliphatic carbocycles. The van der Waals surface area contributed by atoms with Crippen LogP contribution in [0.4, 0.5) is 17.1 Å². The van der Waals surface area contributed by atoms with Crippen LogP contribution in [0.15, 0.2) is 47.6 Å². The highest BCUT2D eigenvalue weighted by molar-refractivity contribution is 6.02. The molecule has 2 aromatic carbocycles. The number of nitrogens with zero attached hydrogens (tertiary/aromatic N) is 4. The highest BCUT2D eigenvalue weighted by Gasteiger charge is 2.29. The fraction of sp³-hybridized carbons (Fsp3) is 0.462. The SMILES string of the molecule is CNc1ccc(C(=O)N2CCN(c3ccc(OCCCN4CCCC4C)cc3)C(=O)C2)cc1N=N. The molecule has 2 amide bonds. The lowest BCUT2D eigenvalue weighted by Crippen LogP contribution is -2.52. The molecule has 2 aliphatic heterocycles. The van der Waals surface area contributed by atoms with E-state index in [0.717, 1.165) is 24.4 Å². The second-order valence-corrected chi connectivity index (χ2v) is 9.09. The van der Waals surface area contributed by atoms with Gasteiger partial charge in [0.1, 0.15) is 18.0 Å². The van der Waals surface area contributed by atoms with Crippen molar-refractivity contribution in [1.29, 1.82) is 5.53 Å². The standard InChI is InChI=1S/C26H34N6O3/c1-19-5-3-12-30(19)13-4-16-35-22-9-7-21(8-10-22)32-15-14-31(18-25(32)33)26(34)20-6-11-23(28-2)24(17-20)29-27/h6-11,17,19,27-28H,3-5,12-16,18H2,1-2H3. The molecule has 9 nitrogen and oxygen atoms in total. The van der Waals surface area contributed by atoms with E-state index in [1.807, 2.05) is 24.3 Å². The van der Waals surface area contributed by atoms with Crippen LogP contribution >= 0.6 is 0 Å². The number of nitrogens with one attached hydrogen (secondary N) is 2. The Morgan fingerprint density at radius 3 is 2.63 bits per heavy atom. The van der Waals surface area contributed by atoms with Crippen LogP contribution in [-0.4, -0.2) is 74.0 Å². The Morgan fingerprint density at radius 1 is 1.17 bits per heavy atom. The number of ether oxygens (including phenoxy) is 1. The van der Waals surface area contributed by atoms with E-state index in [0.29, 0.717) is 42.7 Å².